The summed E-state index contributed by atoms with van der Waals surface area (Å²) < 4.78 is 0. The van der Waals surface area contributed by atoms with Crippen LogP contribution < -0.4 is 5.32 Å². The summed E-state index contributed by atoms with van der Waals surface area (Å²) in [5.41, 5.74) is 0.455. The Bertz CT molecular complexity index is 469. The summed E-state index contributed by atoms with van der Waals surface area (Å²) in [7, 11) is 0. The van der Waals surface area contributed by atoms with E-state index < -0.39 is 5.41 Å². The van der Waals surface area contributed by atoms with Gasteiger partial charge in [0.1, 0.15) is 0 Å². The second kappa shape index (κ2) is 6.21. The fourth-order valence-electron chi connectivity index (χ4n) is 2.68. The number of amides is 1. The fraction of sp³-hybridized carbons (Fsp3) is 0.632. The summed E-state index contributed by atoms with van der Waals surface area (Å²) in [5, 5.41) is 3.11. The molecule has 0 saturated heterocycles. The van der Waals surface area contributed by atoms with Crippen LogP contribution in [0.4, 0.5) is 0 Å². The minimum Gasteiger partial charge on any atom is -0.326 e. The Kier molecular flexibility index (Phi) is 5.25. The molecular weight excluding hydrogens is 258 g/mol. The molecule has 118 valence electrons. The molecule has 1 N–H and O–H groups in total. The molecule has 1 aliphatic carbocycles. The van der Waals surface area contributed by atoms with Gasteiger partial charge >= 0.3 is 0 Å². The van der Waals surface area contributed by atoms with Gasteiger partial charge in [-0.3, -0.25) is 4.79 Å². The monoisotopic (exact) mass is 289 g/mol. The number of allylic oxidation sites excluding steroid dienone is 5. The average molecular weight is 289 g/mol. The molecule has 1 amide bonds. The first-order valence-corrected chi connectivity index (χ1v) is 7.81. The Morgan fingerprint density at radius 1 is 1.10 bits per heavy atom. The Labute approximate surface area is 130 Å². The van der Waals surface area contributed by atoms with Crippen molar-refractivity contribution < 1.29 is 4.79 Å². The first-order valence-electron chi connectivity index (χ1n) is 7.81. The molecule has 1 aliphatic rings. The second-order valence-electron chi connectivity index (χ2n) is 8.46. The van der Waals surface area contributed by atoms with Gasteiger partial charge in [0.25, 0.3) is 0 Å². The van der Waals surface area contributed by atoms with Crippen molar-refractivity contribution in [2.45, 2.75) is 61.3 Å². The summed E-state index contributed by atoms with van der Waals surface area (Å²) in [5.74, 6) is 0.108. The van der Waals surface area contributed by atoms with E-state index in [1.165, 1.54) is 0 Å². The van der Waals surface area contributed by atoms with Crippen LogP contribution in [0.1, 0.15) is 61.3 Å². The molecule has 0 bridgehead atoms. The molecule has 0 saturated carbocycles. The van der Waals surface area contributed by atoms with Gasteiger partial charge in [-0.15, -0.1) is 0 Å². The number of nitrogens with one attached hydrogen (secondary N) is 1. The molecule has 0 fully saturated rings. The molecule has 21 heavy (non-hydrogen) atoms. The van der Waals surface area contributed by atoms with Gasteiger partial charge in [-0.2, -0.15) is 0 Å². The van der Waals surface area contributed by atoms with Crippen LogP contribution in [0, 0.1) is 16.2 Å². The summed E-state index contributed by atoms with van der Waals surface area (Å²) in [6.07, 6.45) is 11.8. The number of carbonyl (C=O) groups is 1. The third kappa shape index (κ3) is 4.87. The van der Waals surface area contributed by atoms with Crippen molar-refractivity contribution in [3.8, 4) is 0 Å². The maximum Gasteiger partial charge on any atom is 0.230 e. The number of carbonyl (C=O) groups excluding carboxylic acids is 1. The zero-order chi connectivity index (χ0) is 16.3. The van der Waals surface area contributed by atoms with Crippen LogP contribution in [0.5, 0.6) is 0 Å². The van der Waals surface area contributed by atoms with Crippen LogP contribution >= 0.6 is 0 Å². The van der Waals surface area contributed by atoms with Crippen molar-refractivity contribution >= 4 is 5.91 Å². The van der Waals surface area contributed by atoms with Crippen LogP contribution in [0.15, 0.2) is 36.1 Å². The summed E-state index contributed by atoms with van der Waals surface area (Å²) in [4.78, 5) is 13.0. The van der Waals surface area contributed by atoms with Crippen LogP contribution in [-0.4, -0.2) is 5.91 Å². The normalized spacial score (nSPS) is 18.7. The third-order valence-electron chi connectivity index (χ3n) is 4.28. The van der Waals surface area contributed by atoms with E-state index in [2.05, 4.69) is 65.9 Å². The minimum atomic E-state index is -0.421. The van der Waals surface area contributed by atoms with Crippen LogP contribution in [0.2, 0.25) is 0 Å². The Morgan fingerprint density at radius 3 is 2.24 bits per heavy atom. The summed E-state index contributed by atoms with van der Waals surface area (Å²) >= 11 is 0. The highest BCUT2D eigenvalue weighted by Crippen LogP contribution is 2.46. The standard InChI is InChI=1S/C19H31NO/c1-17(2,3)14-19(7,18(4,5)6)16(21)20-15-12-10-8-9-11-13-15/h8,10-13H,9,14H2,1-7H3,(H,20,21). The minimum absolute atomic E-state index is 0.102. The largest absolute Gasteiger partial charge is 0.326 e. The topological polar surface area (TPSA) is 29.1 Å². The molecule has 2 heteroatoms. The van der Waals surface area contributed by atoms with Gasteiger partial charge in [0.15, 0.2) is 0 Å². The van der Waals surface area contributed by atoms with Crippen LogP contribution in [0.25, 0.3) is 0 Å². The molecule has 0 aromatic rings. The summed E-state index contributed by atoms with van der Waals surface area (Å²) in [6.45, 7) is 15.1. The lowest BCUT2D eigenvalue weighted by atomic mass is 9.61. The predicted octanol–water partition coefficient (Wildman–Crippen LogP) is 4.99. The molecule has 1 rings (SSSR count). The molecular formula is C19H31NO. The number of hydrogen-bond acceptors (Lipinski definition) is 1. The smallest absolute Gasteiger partial charge is 0.230 e. The van der Waals surface area contributed by atoms with Crippen molar-refractivity contribution in [1.82, 2.24) is 5.32 Å². The number of rotatable bonds is 3. The summed E-state index contributed by atoms with van der Waals surface area (Å²) in [6, 6.07) is 0. The van der Waals surface area contributed by atoms with E-state index in [1.807, 2.05) is 18.2 Å². The van der Waals surface area contributed by atoms with Gasteiger partial charge in [0.2, 0.25) is 5.91 Å². The first kappa shape index (κ1) is 17.7. The van der Waals surface area contributed by atoms with Gasteiger partial charge in [0.05, 0.1) is 5.41 Å². The molecule has 0 aromatic carbocycles. The van der Waals surface area contributed by atoms with Crippen molar-refractivity contribution in [1.29, 1.82) is 0 Å². The van der Waals surface area contributed by atoms with Crippen molar-refractivity contribution in [3.05, 3.63) is 36.1 Å². The van der Waals surface area contributed by atoms with E-state index in [0.717, 1.165) is 18.5 Å². The fourth-order valence-corrected chi connectivity index (χ4v) is 2.68. The molecule has 1 atom stereocenters. The van der Waals surface area contributed by atoms with E-state index in [9.17, 15) is 4.79 Å². The highest BCUT2D eigenvalue weighted by atomic mass is 16.2. The van der Waals surface area contributed by atoms with Gasteiger partial charge in [-0.25, -0.2) is 0 Å². The Balaban J connectivity index is 3.01. The van der Waals surface area contributed by atoms with E-state index >= 15 is 0 Å². The van der Waals surface area contributed by atoms with E-state index in [4.69, 9.17) is 0 Å². The highest BCUT2D eigenvalue weighted by Gasteiger charge is 2.46. The van der Waals surface area contributed by atoms with Gasteiger partial charge in [-0.05, 0) is 35.8 Å². The average Bonchev–Trinajstić information content (AvgIpc) is 2.53. The lowest BCUT2D eigenvalue weighted by Gasteiger charge is -2.44. The molecule has 1 unspecified atom stereocenters. The zero-order valence-corrected chi connectivity index (χ0v) is 14.7. The second-order valence-corrected chi connectivity index (χ2v) is 8.46. The molecule has 2 nitrogen and oxygen atoms in total. The molecule has 0 radical (unpaired) electrons. The van der Waals surface area contributed by atoms with Crippen LogP contribution in [0.3, 0.4) is 0 Å². The molecule has 0 aromatic heterocycles. The van der Waals surface area contributed by atoms with Gasteiger partial charge in [-0.1, -0.05) is 66.7 Å². The third-order valence-corrected chi connectivity index (χ3v) is 4.28. The Hall–Kier alpha value is -1.31. The maximum atomic E-state index is 13.0. The quantitative estimate of drug-likeness (QED) is 0.779. The molecule has 0 spiro atoms. The first-order chi connectivity index (χ1) is 9.46. The lowest BCUT2D eigenvalue weighted by molar-refractivity contribution is -0.138. The Morgan fingerprint density at radius 2 is 1.71 bits per heavy atom. The number of hydrogen-bond donors (Lipinski definition) is 1. The van der Waals surface area contributed by atoms with Crippen molar-refractivity contribution in [3.63, 3.8) is 0 Å². The van der Waals surface area contributed by atoms with Gasteiger partial charge in [0, 0.05) is 5.70 Å². The zero-order valence-electron chi connectivity index (χ0n) is 14.7. The van der Waals surface area contributed by atoms with Gasteiger partial charge < -0.3 is 5.32 Å². The predicted molar refractivity (Wildman–Crippen MR) is 90.8 cm³/mol. The van der Waals surface area contributed by atoms with Crippen molar-refractivity contribution in [2.24, 2.45) is 16.2 Å². The van der Waals surface area contributed by atoms with E-state index in [-0.39, 0.29) is 16.7 Å². The van der Waals surface area contributed by atoms with Crippen LogP contribution in [-0.2, 0) is 4.79 Å². The molecule has 0 heterocycles. The SMILES string of the molecule is CC(C)(C)CC(C)(C(=O)NC1=CC=CCC=C1)C(C)(C)C. The van der Waals surface area contributed by atoms with E-state index in [1.54, 1.807) is 0 Å². The maximum absolute atomic E-state index is 13.0. The highest BCUT2D eigenvalue weighted by molar-refractivity contribution is 5.85. The van der Waals surface area contributed by atoms with Crippen molar-refractivity contribution in [2.75, 3.05) is 0 Å². The lowest BCUT2D eigenvalue weighted by Crippen LogP contribution is -2.48. The molecule has 0 aliphatic heterocycles. The van der Waals surface area contributed by atoms with E-state index in [0.29, 0.717) is 0 Å².